The number of rotatable bonds is 25. The molecule has 0 amide bonds. The van der Waals surface area contributed by atoms with Gasteiger partial charge in [-0.1, -0.05) is 70.1 Å². The summed E-state index contributed by atoms with van der Waals surface area (Å²) in [4.78, 5) is 36.7. The van der Waals surface area contributed by atoms with Crippen LogP contribution in [0.4, 0.5) is 0 Å². The van der Waals surface area contributed by atoms with Crippen LogP contribution in [0.2, 0.25) is 0 Å². The van der Waals surface area contributed by atoms with Crippen LogP contribution in [0.3, 0.4) is 0 Å². The van der Waals surface area contributed by atoms with Crippen LogP contribution in [0.5, 0.6) is 0 Å². The lowest BCUT2D eigenvalue weighted by Crippen LogP contribution is -2.27. The van der Waals surface area contributed by atoms with Crippen LogP contribution in [0.15, 0.2) is 24.8 Å². The van der Waals surface area contributed by atoms with Crippen molar-refractivity contribution in [3.63, 3.8) is 0 Å². The van der Waals surface area contributed by atoms with E-state index in [0.717, 1.165) is 57.8 Å². The zero-order valence-electron chi connectivity index (χ0n) is 27.7. The van der Waals surface area contributed by atoms with Gasteiger partial charge in [0.05, 0.1) is 12.2 Å². The molecule has 1 saturated carbocycles. The number of hydrogen-bond acceptors (Lipinski definition) is 7. The van der Waals surface area contributed by atoms with Gasteiger partial charge in [0.25, 0.3) is 0 Å². The van der Waals surface area contributed by atoms with E-state index in [0.29, 0.717) is 44.9 Å². The van der Waals surface area contributed by atoms with E-state index in [2.05, 4.69) is 25.7 Å². The summed E-state index contributed by atoms with van der Waals surface area (Å²) in [6.45, 7) is 11.0. The van der Waals surface area contributed by atoms with E-state index in [1.165, 1.54) is 26.2 Å². The van der Waals surface area contributed by atoms with Crippen molar-refractivity contribution in [1.82, 2.24) is 0 Å². The molecule has 1 aliphatic rings. The molecule has 0 radical (unpaired) electrons. The topological polar surface area (TPSA) is 99.1 Å². The van der Waals surface area contributed by atoms with Crippen LogP contribution < -0.4 is 0 Å². The quantitative estimate of drug-likeness (QED) is 0.0481. The lowest BCUT2D eigenvalue weighted by Gasteiger charge is -2.26. The van der Waals surface area contributed by atoms with Gasteiger partial charge >= 0.3 is 17.9 Å². The standard InChI is InChI=1S/C36H62O7/c1-6-8-10-11-12-13-14-19-24-36(40)43-34-27-33(42-29(5)37)31(32(34)26-25-30(38)21-17-9-7-2)22-18-15-16-20-23-35(39)41-28(3)4/h6,15,18,28,30-34,38H,1,7-14,16-17,19-27H2,2-5H3/b18-15-/t30-,31+,32+,33-,34+/m0/s1. The summed E-state index contributed by atoms with van der Waals surface area (Å²) in [5, 5.41) is 10.7. The van der Waals surface area contributed by atoms with Gasteiger partial charge in [-0.15, -0.1) is 6.58 Å². The molecule has 0 bridgehead atoms. The van der Waals surface area contributed by atoms with E-state index < -0.39 is 0 Å². The van der Waals surface area contributed by atoms with E-state index in [4.69, 9.17) is 14.2 Å². The minimum Gasteiger partial charge on any atom is -0.463 e. The first-order chi connectivity index (χ1) is 20.7. The summed E-state index contributed by atoms with van der Waals surface area (Å²) in [5.41, 5.74) is 0. The Balaban J connectivity index is 2.78. The SMILES string of the molecule is C=CCCCCCCCCC(=O)O[C@@H]1C[C@H](OC(C)=O)[C@H](C/C=C\CCCC(=O)OC(C)C)[C@H]1CC[C@@H](O)CCCCC. The highest BCUT2D eigenvalue weighted by Crippen LogP contribution is 2.42. The second-order valence-electron chi connectivity index (χ2n) is 12.6. The molecule has 0 heterocycles. The molecular weight excluding hydrogens is 544 g/mol. The molecule has 7 nitrogen and oxygen atoms in total. The van der Waals surface area contributed by atoms with Crippen LogP contribution >= 0.6 is 0 Å². The maximum absolute atomic E-state index is 12.9. The third-order valence-electron chi connectivity index (χ3n) is 8.28. The van der Waals surface area contributed by atoms with Crippen molar-refractivity contribution < 1.29 is 33.7 Å². The molecule has 248 valence electrons. The highest BCUT2D eigenvalue weighted by Gasteiger charge is 2.46. The minimum absolute atomic E-state index is 0.00210. The average Bonchev–Trinajstić information content (AvgIpc) is 3.24. The highest BCUT2D eigenvalue weighted by molar-refractivity contribution is 5.70. The molecule has 7 heteroatoms. The fourth-order valence-electron chi connectivity index (χ4n) is 6.05. The lowest BCUT2D eigenvalue weighted by atomic mass is 9.85. The van der Waals surface area contributed by atoms with Crippen LogP contribution in [-0.2, 0) is 28.6 Å². The largest absolute Gasteiger partial charge is 0.463 e. The van der Waals surface area contributed by atoms with E-state index in [-0.39, 0.29) is 54.2 Å². The fraction of sp³-hybridized carbons (Fsp3) is 0.806. The summed E-state index contributed by atoms with van der Waals surface area (Å²) in [7, 11) is 0. The first-order valence-corrected chi connectivity index (χ1v) is 17.2. The molecule has 0 aromatic heterocycles. The number of hydrogen-bond donors (Lipinski definition) is 1. The number of allylic oxidation sites excluding steroid dienone is 3. The zero-order chi connectivity index (χ0) is 31.9. The van der Waals surface area contributed by atoms with E-state index >= 15 is 0 Å². The van der Waals surface area contributed by atoms with Crippen molar-refractivity contribution in [2.45, 2.75) is 174 Å². The molecule has 0 aromatic rings. The Morgan fingerprint density at radius 2 is 1.49 bits per heavy atom. The summed E-state index contributed by atoms with van der Waals surface area (Å²) in [5.74, 6) is -0.691. The molecule has 1 aliphatic carbocycles. The molecule has 0 spiro atoms. The lowest BCUT2D eigenvalue weighted by molar-refractivity contribution is -0.152. The average molecular weight is 607 g/mol. The monoisotopic (exact) mass is 606 g/mol. The normalized spacial score (nSPS) is 20.8. The second-order valence-corrected chi connectivity index (χ2v) is 12.6. The van der Waals surface area contributed by atoms with Crippen molar-refractivity contribution >= 4 is 17.9 Å². The first-order valence-electron chi connectivity index (χ1n) is 17.2. The Bertz CT molecular complexity index is 805. The Hall–Kier alpha value is -2.15. The number of carbonyl (C=O) groups is 3. The molecule has 43 heavy (non-hydrogen) atoms. The number of ether oxygens (including phenoxy) is 3. The second kappa shape index (κ2) is 24.2. The van der Waals surface area contributed by atoms with Crippen LogP contribution in [0, 0.1) is 11.8 Å². The van der Waals surface area contributed by atoms with Crippen molar-refractivity contribution in [2.24, 2.45) is 11.8 Å². The van der Waals surface area contributed by atoms with Crippen molar-refractivity contribution in [1.29, 1.82) is 0 Å². The number of aliphatic hydroxyl groups is 1. The van der Waals surface area contributed by atoms with Crippen molar-refractivity contribution in [3.05, 3.63) is 24.8 Å². The van der Waals surface area contributed by atoms with Gasteiger partial charge in [0.1, 0.15) is 12.2 Å². The van der Waals surface area contributed by atoms with Crippen LogP contribution in [0.25, 0.3) is 0 Å². The maximum atomic E-state index is 12.9. The van der Waals surface area contributed by atoms with Crippen LogP contribution in [0.1, 0.15) is 150 Å². The van der Waals surface area contributed by atoms with Gasteiger partial charge in [0, 0.05) is 38.0 Å². The highest BCUT2D eigenvalue weighted by atomic mass is 16.6. The number of esters is 3. The minimum atomic E-state index is -0.385. The van der Waals surface area contributed by atoms with Gasteiger partial charge in [-0.05, 0) is 71.6 Å². The summed E-state index contributed by atoms with van der Waals surface area (Å²) < 4.78 is 17.0. The summed E-state index contributed by atoms with van der Waals surface area (Å²) >= 11 is 0. The maximum Gasteiger partial charge on any atom is 0.306 e. The van der Waals surface area contributed by atoms with Crippen molar-refractivity contribution in [2.75, 3.05) is 0 Å². The van der Waals surface area contributed by atoms with E-state index in [1.807, 2.05) is 19.9 Å². The smallest absolute Gasteiger partial charge is 0.306 e. The third-order valence-corrected chi connectivity index (χ3v) is 8.28. The predicted octanol–water partition coefficient (Wildman–Crippen LogP) is 8.56. The number of aliphatic hydroxyl groups excluding tert-OH is 1. The summed E-state index contributed by atoms with van der Waals surface area (Å²) in [6.07, 6.45) is 21.3. The van der Waals surface area contributed by atoms with Gasteiger partial charge in [-0.3, -0.25) is 14.4 Å². The molecule has 0 saturated heterocycles. The molecule has 1 fully saturated rings. The van der Waals surface area contributed by atoms with Gasteiger partial charge in [-0.2, -0.15) is 0 Å². The predicted molar refractivity (Wildman–Crippen MR) is 172 cm³/mol. The first kappa shape index (κ1) is 38.9. The van der Waals surface area contributed by atoms with Crippen molar-refractivity contribution in [3.8, 4) is 0 Å². The van der Waals surface area contributed by atoms with E-state index in [9.17, 15) is 19.5 Å². The summed E-state index contributed by atoms with van der Waals surface area (Å²) in [6, 6.07) is 0. The molecular formula is C36H62O7. The molecule has 5 atom stereocenters. The van der Waals surface area contributed by atoms with Gasteiger partial charge < -0.3 is 19.3 Å². The molecule has 0 aliphatic heterocycles. The third kappa shape index (κ3) is 19.0. The van der Waals surface area contributed by atoms with Gasteiger partial charge in [0.2, 0.25) is 0 Å². The molecule has 0 aromatic carbocycles. The van der Waals surface area contributed by atoms with Crippen LogP contribution in [-0.4, -0.2) is 47.4 Å². The van der Waals surface area contributed by atoms with Gasteiger partial charge in [0.15, 0.2) is 0 Å². The number of unbranched alkanes of at least 4 members (excludes halogenated alkanes) is 9. The molecule has 1 N–H and O–H groups in total. The van der Waals surface area contributed by atoms with Gasteiger partial charge in [-0.25, -0.2) is 0 Å². The molecule has 1 rings (SSSR count). The number of carbonyl (C=O) groups excluding carboxylic acids is 3. The van der Waals surface area contributed by atoms with E-state index in [1.54, 1.807) is 0 Å². The Labute approximate surface area is 262 Å². The Morgan fingerprint density at radius 3 is 2.16 bits per heavy atom. The fourth-order valence-corrected chi connectivity index (χ4v) is 6.05. The molecule has 0 unspecified atom stereocenters. The Morgan fingerprint density at radius 1 is 0.814 bits per heavy atom. The zero-order valence-corrected chi connectivity index (χ0v) is 27.7. The Kier molecular flexibility index (Phi) is 21.9.